The van der Waals surface area contributed by atoms with E-state index in [9.17, 15) is 14.7 Å². The molecule has 11 heteroatoms. The van der Waals surface area contributed by atoms with Crippen LogP contribution < -0.4 is 10.2 Å². The zero-order chi connectivity index (χ0) is 26.0. The number of aromatic nitrogens is 1. The van der Waals surface area contributed by atoms with Gasteiger partial charge in [0.2, 0.25) is 0 Å². The van der Waals surface area contributed by atoms with Crippen LogP contribution in [0.15, 0.2) is 35.1 Å². The molecule has 1 aromatic heterocycles. The van der Waals surface area contributed by atoms with Gasteiger partial charge in [0.1, 0.15) is 25.2 Å². The number of carbonyl (C=O) groups excluding carboxylic acids is 1. The molecule has 1 aromatic rings. The fourth-order valence-corrected chi connectivity index (χ4v) is 3.19. The number of hydrogen-bond donors (Lipinski definition) is 3. The first-order chi connectivity index (χ1) is 16.2. The number of aliphatic hydroxyl groups is 1. The number of nitrogens with one attached hydrogen (secondary N) is 1. The lowest BCUT2D eigenvalue weighted by molar-refractivity contribution is -0.137. The molecule has 34 heavy (non-hydrogen) atoms. The quantitative estimate of drug-likeness (QED) is 0.183. The highest BCUT2D eigenvalue weighted by molar-refractivity contribution is 7.44. The van der Waals surface area contributed by atoms with Crippen molar-refractivity contribution in [3.05, 3.63) is 35.8 Å². The van der Waals surface area contributed by atoms with E-state index in [1.54, 1.807) is 32.1 Å². The molecule has 3 N–H and O–H groups in total. The lowest BCUT2D eigenvalue weighted by Gasteiger charge is -2.24. The van der Waals surface area contributed by atoms with E-state index in [1.165, 1.54) is 0 Å². The van der Waals surface area contributed by atoms with Crippen LogP contribution >= 0.6 is 0 Å². The Morgan fingerprint density at radius 2 is 1.82 bits per heavy atom. The molecule has 0 aliphatic heterocycles. The first-order valence-corrected chi connectivity index (χ1v) is 11.6. The number of hydrogen-bond acceptors (Lipinski definition) is 8. The number of unbranched alkanes of at least 4 members (excludes halogenated alkanes) is 4. The summed E-state index contributed by atoms with van der Waals surface area (Å²) in [7, 11) is 5.58. The van der Waals surface area contributed by atoms with Crippen molar-refractivity contribution in [1.82, 2.24) is 10.3 Å². The molecule has 9 nitrogen and oxygen atoms in total. The fourth-order valence-electron chi connectivity index (χ4n) is 3.19. The van der Waals surface area contributed by atoms with E-state index < -0.39 is 11.5 Å². The highest BCUT2D eigenvalue weighted by atomic mass is 32.1. The number of carboxylic acids is 1. The predicted molar refractivity (Wildman–Crippen MR) is 136 cm³/mol. The van der Waals surface area contributed by atoms with E-state index in [4.69, 9.17) is 17.2 Å². The number of carbonyl (C=O) groups is 2. The van der Waals surface area contributed by atoms with Gasteiger partial charge in [-0.3, -0.25) is 9.59 Å². The normalized spacial score (nSPS) is 12.6. The average Bonchev–Trinajstić information content (AvgIpc) is 2.81. The molecule has 1 heterocycles. The Hall–Kier alpha value is -2.66. The first-order valence-electron chi connectivity index (χ1n) is 11.2. The summed E-state index contributed by atoms with van der Waals surface area (Å²) in [6, 6.07) is 5.21. The smallest absolute Gasteiger partial charge is 0.303 e. The summed E-state index contributed by atoms with van der Waals surface area (Å²) in [5, 5.41) is 21.2. The Bertz CT molecular complexity index is 802. The number of nitrogens with zero attached hydrogens (tertiary/aromatic N) is 3. The first kappa shape index (κ1) is 31.3. The molecule has 186 valence electrons. The zero-order valence-corrected chi connectivity index (χ0v) is 20.9. The number of pyridine rings is 1. The van der Waals surface area contributed by atoms with Gasteiger partial charge in [0.25, 0.3) is 5.91 Å². The Morgan fingerprint density at radius 1 is 1.21 bits per heavy atom. The third-order valence-corrected chi connectivity index (χ3v) is 4.91. The summed E-state index contributed by atoms with van der Waals surface area (Å²) in [6.45, 7) is 8.02. The third-order valence-electron chi connectivity index (χ3n) is 4.91. The molecule has 1 rings (SSSR count). The van der Waals surface area contributed by atoms with Gasteiger partial charge in [0.05, 0.1) is 0 Å². The predicted octanol–water partition coefficient (Wildman–Crippen LogP) is 2.93. The second-order valence-electron chi connectivity index (χ2n) is 8.03. The molecule has 1 unspecified atom stereocenters. The van der Waals surface area contributed by atoms with Crippen molar-refractivity contribution < 1.29 is 24.0 Å². The molecule has 0 saturated carbocycles. The van der Waals surface area contributed by atoms with Gasteiger partial charge in [-0.15, -0.1) is 0 Å². The van der Waals surface area contributed by atoms with Crippen LogP contribution in [0, 0.1) is 0 Å². The van der Waals surface area contributed by atoms with Gasteiger partial charge in [0, 0.05) is 25.0 Å². The van der Waals surface area contributed by atoms with Crippen LogP contribution in [0.1, 0.15) is 75.7 Å². The molecular weight excluding hydrogens is 455 g/mol. The topological polar surface area (TPSA) is 132 Å². The highest BCUT2D eigenvalue weighted by Gasteiger charge is 2.14. The summed E-state index contributed by atoms with van der Waals surface area (Å²) in [4.78, 5) is 33.6. The van der Waals surface area contributed by atoms with Gasteiger partial charge < -0.3 is 20.4 Å². The summed E-state index contributed by atoms with van der Waals surface area (Å²) >= 11 is 2.83. The van der Waals surface area contributed by atoms with E-state index in [-0.39, 0.29) is 18.0 Å². The number of anilines is 1. The number of allylic oxidation sites excluding steroid dienone is 1. The van der Waals surface area contributed by atoms with Crippen LogP contribution in [0.2, 0.25) is 0 Å². The van der Waals surface area contributed by atoms with Crippen molar-refractivity contribution in [3.63, 3.8) is 0 Å². The van der Waals surface area contributed by atoms with Crippen LogP contribution in [-0.4, -0.2) is 64.4 Å². The lowest BCUT2D eigenvalue weighted by Crippen LogP contribution is -2.29. The minimum absolute atomic E-state index is 0.0748. The molecule has 0 aromatic carbocycles. The molecule has 0 bridgehead atoms. The molecule has 0 aliphatic carbocycles. The third kappa shape index (κ3) is 14.5. The van der Waals surface area contributed by atoms with Crippen LogP contribution in [0.4, 0.5) is 5.82 Å². The maximum atomic E-state index is 12.5. The summed E-state index contributed by atoms with van der Waals surface area (Å²) in [6.07, 6.45) is 7.57. The number of carboxylic acid groups (broad SMARTS) is 1. The zero-order valence-electron chi connectivity index (χ0n) is 20.0. The fraction of sp³-hybridized carbons (Fsp3) is 0.565. The summed E-state index contributed by atoms with van der Waals surface area (Å²) in [5.74, 6) is -0.223. The van der Waals surface area contributed by atoms with E-state index in [1.807, 2.05) is 11.0 Å². The van der Waals surface area contributed by atoms with Crippen molar-refractivity contribution in [1.29, 1.82) is 0 Å². The molecule has 1 amide bonds. The van der Waals surface area contributed by atoms with Gasteiger partial charge in [-0.25, -0.2) is 9.98 Å². The van der Waals surface area contributed by atoms with Crippen molar-refractivity contribution in [2.75, 3.05) is 18.0 Å². The number of aliphatic carboxylic acids is 1. The van der Waals surface area contributed by atoms with Crippen LogP contribution in [0.5, 0.6) is 0 Å². The maximum absolute atomic E-state index is 12.5. The van der Waals surface area contributed by atoms with E-state index >= 15 is 0 Å². The Morgan fingerprint density at radius 3 is 2.41 bits per heavy atom. The molecule has 0 aliphatic rings. The van der Waals surface area contributed by atoms with Gasteiger partial charge >= 0.3 is 5.97 Å². The van der Waals surface area contributed by atoms with Crippen molar-refractivity contribution >= 4 is 44.8 Å². The minimum atomic E-state index is -1.11. The number of amides is 1. The Labute approximate surface area is 208 Å². The van der Waals surface area contributed by atoms with Gasteiger partial charge in [0.15, 0.2) is 12.5 Å². The number of rotatable bonds is 16. The van der Waals surface area contributed by atoms with Crippen molar-refractivity contribution in [3.8, 4) is 0 Å². The van der Waals surface area contributed by atoms with Crippen molar-refractivity contribution in [2.45, 2.75) is 70.7 Å². The van der Waals surface area contributed by atoms with Crippen LogP contribution in [0.25, 0.3) is 0 Å². The van der Waals surface area contributed by atoms with Gasteiger partial charge in [-0.1, -0.05) is 31.7 Å². The standard InChI is InChI=1S/C23H35BN4O4.OS/c1-4-19(25-3)27-22(31)18-12-10-13-20(26-18)28(17-11-14-21(29)30)16-9-7-5-6-8-15-23(2,24)32;1-2/h4,10,12-13,32H,3,5-9,11,14-17H2,1-2H3,(H,27,31)(H,29,30);/b19-4+;. The highest BCUT2D eigenvalue weighted by Crippen LogP contribution is 2.16. The average molecular weight is 490 g/mol. The molecular formula is C23H35BN4O5S. The number of aliphatic imine (C=N–C) groups is 1. The molecule has 0 spiro atoms. The van der Waals surface area contributed by atoms with Crippen LogP contribution in [0.3, 0.4) is 0 Å². The minimum Gasteiger partial charge on any atom is -0.481 e. The monoisotopic (exact) mass is 490 g/mol. The van der Waals surface area contributed by atoms with Gasteiger partial charge in [-0.05, 0) is 58.0 Å². The molecule has 1 atom stereocenters. The SMILES string of the molecule is O=S.[B]C(C)(O)CCCCCCCN(CCCC(=O)O)c1cccc(C(=O)N/C(=C/C)N=C)n1. The largest absolute Gasteiger partial charge is 0.481 e. The summed E-state index contributed by atoms with van der Waals surface area (Å²) < 4.78 is 7.83. The second kappa shape index (κ2) is 17.8. The van der Waals surface area contributed by atoms with E-state index in [0.29, 0.717) is 37.6 Å². The second-order valence-corrected chi connectivity index (χ2v) is 8.03. The molecule has 2 radical (unpaired) electrons. The Kier molecular flexibility index (Phi) is 16.4. The van der Waals surface area contributed by atoms with Crippen molar-refractivity contribution in [2.24, 2.45) is 4.99 Å². The van der Waals surface area contributed by atoms with E-state index in [2.05, 4.69) is 34.5 Å². The van der Waals surface area contributed by atoms with E-state index in [0.717, 1.165) is 32.1 Å². The van der Waals surface area contributed by atoms with Gasteiger partial charge in [-0.2, -0.15) is 4.21 Å². The lowest BCUT2D eigenvalue weighted by atomic mass is 9.79. The summed E-state index contributed by atoms with van der Waals surface area (Å²) in [5.41, 5.74) is -0.859. The molecule has 0 saturated heterocycles. The van der Waals surface area contributed by atoms with Crippen LogP contribution in [-0.2, 0) is 17.3 Å². The maximum Gasteiger partial charge on any atom is 0.303 e. The Balaban J connectivity index is 0.00000529. The molecule has 0 fully saturated rings.